The van der Waals surface area contributed by atoms with Gasteiger partial charge in [0.25, 0.3) is 0 Å². The average molecular weight is 216 g/mol. The standard InChI is InChI=1S/C12H24O3/c1-8(2)9(13)11(3,4)7-12(5,6)10(14)15/h8-9,13H,7H2,1-6H3,(H,14,15). The van der Waals surface area contributed by atoms with Gasteiger partial charge < -0.3 is 10.2 Å². The molecule has 15 heavy (non-hydrogen) atoms. The molecule has 3 heteroatoms. The topological polar surface area (TPSA) is 57.5 Å². The van der Waals surface area contributed by atoms with Crippen LogP contribution in [0.25, 0.3) is 0 Å². The molecule has 0 aliphatic carbocycles. The minimum absolute atomic E-state index is 0.143. The predicted octanol–water partition coefficient (Wildman–Crippen LogP) is 2.53. The molecule has 0 spiro atoms. The van der Waals surface area contributed by atoms with Crippen molar-refractivity contribution in [1.82, 2.24) is 0 Å². The summed E-state index contributed by atoms with van der Waals surface area (Å²) in [6.45, 7) is 11.1. The zero-order valence-corrected chi connectivity index (χ0v) is 10.7. The largest absolute Gasteiger partial charge is 0.481 e. The molecule has 0 bridgehead atoms. The molecule has 0 aliphatic heterocycles. The second kappa shape index (κ2) is 4.52. The summed E-state index contributed by atoms with van der Waals surface area (Å²) >= 11 is 0. The number of hydrogen-bond donors (Lipinski definition) is 2. The molecular weight excluding hydrogens is 192 g/mol. The van der Waals surface area contributed by atoms with Gasteiger partial charge in [0.2, 0.25) is 0 Å². The van der Waals surface area contributed by atoms with E-state index in [1.807, 2.05) is 27.7 Å². The Balaban J connectivity index is 4.70. The minimum atomic E-state index is -0.813. The Morgan fingerprint density at radius 3 is 1.87 bits per heavy atom. The van der Waals surface area contributed by atoms with Crippen molar-refractivity contribution in [1.29, 1.82) is 0 Å². The second-order valence-corrected chi connectivity index (χ2v) is 6.04. The first kappa shape index (κ1) is 14.4. The van der Waals surface area contributed by atoms with Crippen molar-refractivity contribution in [2.24, 2.45) is 16.7 Å². The number of carbonyl (C=O) groups is 1. The van der Waals surface area contributed by atoms with Gasteiger partial charge >= 0.3 is 5.97 Å². The van der Waals surface area contributed by atoms with Crippen molar-refractivity contribution < 1.29 is 15.0 Å². The Hall–Kier alpha value is -0.570. The summed E-state index contributed by atoms with van der Waals surface area (Å²) in [5, 5.41) is 19.0. The highest BCUT2D eigenvalue weighted by molar-refractivity contribution is 5.73. The molecular formula is C12H24O3. The minimum Gasteiger partial charge on any atom is -0.481 e. The van der Waals surface area contributed by atoms with Crippen molar-refractivity contribution in [3.05, 3.63) is 0 Å². The first-order chi connectivity index (χ1) is 6.50. The van der Waals surface area contributed by atoms with Crippen LogP contribution in [0.2, 0.25) is 0 Å². The van der Waals surface area contributed by atoms with Crippen molar-refractivity contribution in [2.45, 2.75) is 54.1 Å². The zero-order valence-electron chi connectivity index (χ0n) is 10.7. The quantitative estimate of drug-likeness (QED) is 0.742. The molecule has 2 N–H and O–H groups in total. The summed E-state index contributed by atoms with van der Waals surface area (Å²) in [5.74, 6) is -0.670. The van der Waals surface area contributed by atoms with Crippen LogP contribution >= 0.6 is 0 Å². The smallest absolute Gasteiger partial charge is 0.309 e. The lowest BCUT2D eigenvalue weighted by Gasteiger charge is -2.37. The third-order valence-corrected chi connectivity index (χ3v) is 2.91. The summed E-state index contributed by atoms with van der Waals surface area (Å²) in [5.41, 5.74) is -1.17. The fraction of sp³-hybridized carbons (Fsp3) is 0.917. The Labute approximate surface area is 92.5 Å². The maximum absolute atomic E-state index is 11.0. The molecule has 0 saturated heterocycles. The maximum Gasteiger partial charge on any atom is 0.309 e. The van der Waals surface area contributed by atoms with E-state index in [2.05, 4.69) is 0 Å². The summed E-state index contributed by atoms with van der Waals surface area (Å²) in [7, 11) is 0. The van der Waals surface area contributed by atoms with Gasteiger partial charge in [-0.3, -0.25) is 4.79 Å². The van der Waals surface area contributed by atoms with Gasteiger partial charge in [0, 0.05) is 0 Å². The lowest BCUT2D eigenvalue weighted by molar-refractivity contribution is -0.150. The monoisotopic (exact) mass is 216 g/mol. The zero-order chi connectivity index (χ0) is 12.4. The number of carboxylic acids is 1. The number of aliphatic hydroxyl groups excluding tert-OH is 1. The highest BCUT2D eigenvalue weighted by atomic mass is 16.4. The van der Waals surface area contributed by atoms with Gasteiger partial charge in [0.1, 0.15) is 0 Å². The number of aliphatic carboxylic acids is 1. The summed E-state index contributed by atoms with van der Waals surface area (Å²) < 4.78 is 0. The molecule has 1 atom stereocenters. The first-order valence-corrected chi connectivity index (χ1v) is 5.42. The highest BCUT2D eigenvalue weighted by Crippen LogP contribution is 2.38. The van der Waals surface area contributed by atoms with Crippen LogP contribution in [0.15, 0.2) is 0 Å². The lowest BCUT2D eigenvalue weighted by Crippen LogP contribution is -2.39. The van der Waals surface area contributed by atoms with Crippen LogP contribution in [0.1, 0.15) is 48.0 Å². The lowest BCUT2D eigenvalue weighted by atomic mass is 9.70. The molecule has 1 unspecified atom stereocenters. The Morgan fingerprint density at radius 1 is 1.20 bits per heavy atom. The van der Waals surface area contributed by atoms with E-state index in [0.717, 1.165) is 0 Å². The van der Waals surface area contributed by atoms with E-state index in [0.29, 0.717) is 6.42 Å². The third-order valence-electron chi connectivity index (χ3n) is 2.91. The van der Waals surface area contributed by atoms with Crippen LogP contribution in [-0.4, -0.2) is 22.3 Å². The molecule has 0 aromatic heterocycles. The van der Waals surface area contributed by atoms with Gasteiger partial charge in [-0.05, 0) is 31.6 Å². The maximum atomic E-state index is 11.0. The van der Waals surface area contributed by atoms with Crippen molar-refractivity contribution in [3.63, 3.8) is 0 Å². The molecule has 3 nitrogen and oxygen atoms in total. The first-order valence-electron chi connectivity index (χ1n) is 5.42. The Bertz CT molecular complexity index is 229. The van der Waals surface area contributed by atoms with Gasteiger partial charge in [0.05, 0.1) is 11.5 Å². The van der Waals surface area contributed by atoms with Crippen LogP contribution < -0.4 is 0 Å². The third kappa shape index (κ3) is 3.82. The number of hydrogen-bond acceptors (Lipinski definition) is 2. The van der Waals surface area contributed by atoms with Gasteiger partial charge in [-0.2, -0.15) is 0 Å². The van der Waals surface area contributed by atoms with Crippen LogP contribution in [0.4, 0.5) is 0 Å². The molecule has 0 saturated carbocycles. The average Bonchev–Trinajstić information content (AvgIpc) is 2.00. The summed E-state index contributed by atoms with van der Waals surface area (Å²) in [6, 6.07) is 0. The van der Waals surface area contributed by atoms with E-state index < -0.39 is 17.5 Å². The molecule has 0 rings (SSSR count). The Kier molecular flexibility index (Phi) is 4.35. The van der Waals surface area contributed by atoms with Gasteiger partial charge in [-0.1, -0.05) is 27.7 Å². The van der Waals surface area contributed by atoms with E-state index in [1.165, 1.54) is 0 Å². The normalized spacial score (nSPS) is 15.5. The number of aliphatic hydroxyl groups is 1. The molecule has 90 valence electrons. The van der Waals surface area contributed by atoms with Crippen molar-refractivity contribution >= 4 is 5.97 Å². The predicted molar refractivity (Wildman–Crippen MR) is 60.7 cm³/mol. The molecule has 0 heterocycles. The SMILES string of the molecule is CC(C)C(O)C(C)(C)CC(C)(C)C(=O)O. The van der Waals surface area contributed by atoms with E-state index >= 15 is 0 Å². The van der Waals surface area contributed by atoms with E-state index in [4.69, 9.17) is 5.11 Å². The Morgan fingerprint density at radius 2 is 1.60 bits per heavy atom. The molecule has 0 radical (unpaired) electrons. The van der Waals surface area contributed by atoms with E-state index in [1.54, 1.807) is 13.8 Å². The van der Waals surface area contributed by atoms with Crippen molar-refractivity contribution in [2.75, 3.05) is 0 Å². The van der Waals surface area contributed by atoms with E-state index in [-0.39, 0.29) is 11.3 Å². The van der Waals surface area contributed by atoms with Crippen LogP contribution in [0.3, 0.4) is 0 Å². The molecule has 0 aromatic rings. The van der Waals surface area contributed by atoms with Gasteiger partial charge in [0.15, 0.2) is 0 Å². The van der Waals surface area contributed by atoms with Crippen LogP contribution in [0.5, 0.6) is 0 Å². The van der Waals surface area contributed by atoms with Crippen molar-refractivity contribution in [3.8, 4) is 0 Å². The second-order valence-electron chi connectivity index (χ2n) is 6.04. The molecule has 0 aliphatic rings. The van der Waals surface area contributed by atoms with Crippen LogP contribution in [0, 0.1) is 16.7 Å². The fourth-order valence-electron chi connectivity index (χ4n) is 2.22. The van der Waals surface area contributed by atoms with Gasteiger partial charge in [-0.25, -0.2) is 0 Å². The summed E-state index contributed by atoms with van der Waals surface area (Å²) in [6.07, 6.45) is -0.00887. The number of rotatable bonds is 5. The highest BCUT2D eigenvalue weighted by Gasteiger charge is 2.39. The van der Waals surface area contributed by atoms with Gasteiger partial charge in [-0.15, -0.1) is 0 Å². The summed E-state index contributed by atoms with van der Waals surface area (Å²) in [4.78, 5) is 11.0. The fourth-order valence-corrected chi connectivity index (χ4v) is 2.22. The number of carboxylic acid groups (broad SMARTS) is 1. The molecule has 0 fully saturated rings. The molecule has 0 amide bonds. The van der Waals surface area contributed by atoms with Crippen LogP contribution in [-0.2, 0) is 4.79 Å². The van der Waals surface area contributed by atoms with E-state index in [9.17, 15) is 9.90 Å². The molecule has 0 aromatic carbocycles.